The summed E-state index contributed by atoms with van der Waals surface area (Å²) in [5, 5.41) is 12.5. The molecular formula is C16H15ClN2O2. The van der Waals surface area contributed by atoms with Gasteiger partial charge in [0.1, 0.15) is 11.0 Å². The number of halogens is 1. The Balaban J connectivity index is 1.78. The molecule has 0 fully saturated rings. The Morgan fingerprint density at radius 3 is 2.81 bits per heavy atom. The number of hydrogen-bond donors (Lipinski definition) is 2. The predicted octanol–water partition coefficient (Wildman–Crippen LogP) is 3.40. The maximum absolute atomic E-state index is 11.0. The highest BCUT2D eigenvalue weighted by atomic mass is 35.5. The molecule has 0 saturated heterocycles. The van der Waals surface area contributed by atoms with Crippen LogP contribution in [-0.2, 0) is 12.8 Å². The molecule has 5 heteroatoms. The van der Waals surface area contributed by atoms with Crippen molar-refractivity contribution < 1.29 is 9.90 Å². The fourth-order valence-corrected chi connectivity index (χ4v) is 2.93. The predicted molar refractivity (Wildman–Crippen MR) is 82.1 cm³/mol. The van der Waals surface area contributed by atoms with E-state index in [9.17, 15) is 4.79 Å². The molecule has 1 aliphatic rings. The SMILES string of the molecule is O=C(O)c1cc(Cl)nc(NC2CCc3ccccc3C2)c1. The monoisotopic (exact) mass is 302 g/mol. The second kappa shape index (κ2) is 5.74. The average Bonchev–Trinajstić information content (AvgIpc) is 2.46. The van der Waals surface area contributed by atoms with Gasteiger partial charge in [0, 0.05) is 6.04 Å². The maximum Gasteiger partial charge on any atom is 0.335 e. The van der Waals surface area contributed by atoms with Crippen molar-refractivity contribution in [2.75, 3.05) is 5.32 Å². The molecule has 2 aromatic rings. The number of anilines is 1. The van der Waals surface area contributed by atoms with Gasteiger partial charge in [0.15, 0.2) is 0 Å². The van der Waals surface area contributed by atoms with Gasteiger partial charge in [-0.2, -0.15) is 0 Å². The summed E-state index contributed by atoms with van der Waals surface area (Å²) in [6.07, 6.45) is 2.92. The van der Waals surface area contributed by atoms with Crippen molar-refractivity contribution in [3.05, 3.63) is 58.2 Å². The summed E-state index contributed by atoms with van der Waals surface area (Å²) in [4.78, 5) is 15.2. The van der Waals surface area contributed by atoms with E-state index in [2.05, 4.69) is 28.5 Å². The Kier molecular flexibility index (Phi) is 3.80. The van der Waals surface area contributed by atoms with Gasteiger partial charge in [0.2, 0.25) is 0 Å². The van der Waals surface area contributed by atoms with Gasteiger partial charge in [-0.05, 0) is 42.5 Å². The van der Waals surface area contributed by atoms with Crippen molar-refractivity contribution in [2.24, 2.45) is 0 Å². The van der Waals surface area contributed by atoms with Crippen molar-refractivity contribution in [2.45, 2.75) is 25.3 Å². The number of aromatic carboxylic acids is 1. The van der Waals surface area contributed by atoms with Crippen LogP contribution in [-0.4, -0.2) is 22.1 Å². The van der Waals surface area contributed by atoms with Crippen LogP contribution in [0.4, 0.5) is 5.82 Å². The molecule has 21 heavy (non-hydrogen) atoms. The van der Waals surface area contributed by atoms with Gasteiger partial charge in [0.05, 0.1) is 5.56 Å². The van der Waals surface area contributed by atoms with Crippen LogP contribution in [0.1, 0.15) is 27.9 Å². The van der Waals surface area contributed by atoms with E-state index in [-0.39, 0.29) is 16.8 Å². The van der Waals surface area contributed by atoms with Crippen molar-refractivity contribution in [1.82, 2.24) is 4.98 Å². The third-order valence-corrected chi connectivity index (χ3v) is 3.93. The molecule has 1 aromatic heterocycles. The largest absolute Gasteiger partial charge is 0.478 e. The quantitative estimate of drug-likeness (QED) is 0.853. The summed E-state index contributed by atoms with van der Waals surface area (Å²) in [6, 6.07) is 11.5. The van der Waals surface area contributed by atoms with E-state index in [4.69, 9.17) is 16.7 Å². The van der Waals surface area contributed by atoms with Crippen LogP contribution in [0.2, 0.25) is 5.15 Å². The molecule has 0 bridgehead atoms. The number of benzene rings is 1. The highest BCUT2D eigenvalue weighted by molar-refractivity contribution is 6.29. The minimum atomic E-state index is -1.00. The first-order valence-corrected chi connectivity index (χ1v) is 7.24. The van der Waals surface area contributed by atoms with Crippen molar-refractivity contribution in [3.63, 3.8) is 0 Å². The summed E-state index contributed by atoms with van der Waals surface area (Å²) in [5.74, 6) is -0.486. The summed E-state index contributed by atoms with van der Waals surface area (Å²) < 4.78 is 0. The number of carbonyl (C=O) groups is 1. The molecule has 3 rings (SSSR count). The van der Waals surface area contributed by atoms with Crippen LogP contribution >= 0.6 is 11.6 Å². The second-order valence-electron chi connectivity index (χ2n) is 5.22. The van der Waals surface area contributed by atoms with Crippen LogP contribution in [0.5, 0.6) is 0 Å². The molecule has 4 nitrogen and oxygen atoms in total. The van der Waals surface area contributed by atoms with Crippen LogP contribution in [0.3, 0.4) is 0 Å². The highest BCUT2D eigenvalue weighted by Gasteiger charge is 2.19. The Hall–Kier alpha value is -2.07. The van der Waals surface area contributed by atoms with Crippen molar-refractivity contribution in [3.8, 4) is 0 Å². The van der Waals surface area contributed by atoms with E-state index in [0.29, 0.717) is 5.82 Å². The molecule has 0 amide bonds. The lowest BCUT2D eigenvalue weighted by atomic mass is 9.88. The van der Waals surface area contributed by atoms with Gasteiger partial charge < -0.3 is 10.4 Å². The van der Waals surface area contributed by atoms with Gasteiger partial charge in [-0.25, -0.2) is 9.78 Å². The number of carboxylic acids is 1. The van der Waals surface area contributed by atoms with E-state index < -0.39 is 5.97 Å². The zero-order valence-corrected chi connectivity index (χ0v) is 12.1. The van der Waals surface area contributed by atoms with Crippen molar-refractivity contribution >= 4 is 23.4 Å². The van der Waals surface area contributed by atoms with Crippen LogP contribution in [0.25, 0.3) is 0 Å². The van der Waals surface area contributed by atoms with E-state index >= 15 is 0 Å². The number of hydrogen-bond acceptors (Lipinski definition) is 3. The van der Waals surface area contributed by atoms with Gasteiger partial charge in [-0.3, -0.25) is 0 Å². The molecule has 0 spiro atoms. The fourth-order valence-electron chi connectivity index (χ4n) is 2.72. The molecule has 108 valence electrons. The number of nitrogens with zero attached hydrogens (tertiary/aromatic N) is 1. The molecule has 1 aliphatic carbocycles. The van der Waals surface area contributed by atoms with Gasteiger partial charge >= 0.3 is 5.97 Å². The number of pyridine rings is 1. The molecule has 0 aliphatic heterocycles. The Labute approximate surface area is 127 Å². The first-order valence-electron chi connectivity index (χ1n) is 6.86. The standard InChI is InChI=1S/C16H15ClN2O2/c17-14-8-12(16(20)21)9-15(19-14)18-13-6-5-10-3-1-2-4-11(10)7-13/h1-4,8-9,13H,5-7H2,(H,18,19)(H,20,21). The Morgan fingerprint density at radius 2 is 2.05 bits per heavy atom. The lowest BCUT2D eigenvalue weighted by Gasteiger charge is -2.26. The molecule has 2 N–H and O–H groups in total. The second-order valence-corrected chi connectivity index (χ2v) is 5.61. The highest BCUT2D eigenvalue weighted by Crippen LogP contribution is 2.24. The van der Waals surface area contributed by atoms with Gasteiger partial charge in [-0.15, -0.1) is 0 Å². The topological polar surface area (TPSA) is 62.2 Å². The lowest BCUT2D eigenvalue weighted by Crippen LogP contribution is -2.27. The van der Waals surface area contributed by atoms with Crippen molar-refractivity contribution in [1.29, 1.82) is 0 Å². The first-order chi connectivity index (χ1) is 10.1. The van der Waals surface area contributed by atoms with Crippen LogP contribution in [0.15, 0.2) is 36.4 Å². The number of rotatable bonds is 3. The summed E-state index contributed by atoms with van der Waals surface area (Å²) in [5.41, 5.74) is 2.87. The zero-order chi connectivity index (χ0) is 14.8. The average molecular weight is 303 g/mol. The zero-order valence-electron chi connectivity index (χ0n) is 11.3. The van der Waals surface area contributed by atoms with Gasteiger partial charge in [-0.1, -0.05) is 35.9 Å². The maximum atomic E-state index is 11.0. The lowest BCUT2D eigenvalue weighted by molar-refractivity contribution is 0.0697. The molecule has 1 heterocycles. The van der Waals surface area contributed by atoms with Gasteiger partial charge in [0.25, 0.3) is 0 Å². The van der Waals surface area contributed by atoms with E-state index in [0.717, 1.165) is 19.3 Å². The molecule has 1 atom stereocenters. The first kappa shape index (κ1) is 13.9. The van der Waals surface area contributed by atoms with Crippen LogP contribution < -0.4 is 5.32 Å². The third kappa shape index (κ3) is 3.16. The van der Waals surface area contributed by atoms with E-state index in [1.807, 2.05) is 6.07 Å². The third-order valence-electron chi connectivity index (χ3n) is 3.74. The number of nitrogens with one attached hydrogen (secondary N) is 1. The number of aromatic nitrogens is 1. The summed E-state index contributed by atoms with van der Waals surface area (Å²) in [7, 11) is 0. The fraction of sp³-hybridized carbons (Fsp3) is 0.250. The Morgan fingerprint density at radius 1 is 1.29 bits per heavy atom. The molecule has 0 radical (unpaired) electrons. The number of aryl methyl sites for hydroxylation is 1. The van der Waals surface area contributed by atoms with Crippen LogP contribution in [0, 0.1) is 0 Å². The normalized spacial score (nSPS) is 17.1. The molecule has 0 saturated carbocycles. The summed E-state index contributed by atoms with van der Waals surface area (Å²) in [6.45, 7) is 0. The van der Waals surface area contributed by atoms with E-state index in [1.165, 1.54) is 23.3 Å². The number of fused-ring (bicyclic) bond motifs is 1. The molecule has 1 unspecified atom stereocenters. The summed E-state index contributed by atoms with van der Waals surface area (Å²) >= 11 is 5.88. The minimum absolute atomic E-state index is 0.147. The smallest absolute Gasteiger partial charge is 0.335 e. The van der Waals surface area contributed by atoms with E-state index in [1.54, 1.807) is 0 Å². The number of carboxylic acid groups (broad SMARTS) is 1. The Bertz CT molecular complexity index is 688. The minimum Gasteiger partial charge on any atom is -0.478 e. The molecule has 1 aromatic carbocycles. The molecular weight excluding hydrogens is 288 g/mol.